The van der Waals surface area contributed by atoms with Crippen molar-refractivity contribution in [2.24, 2.45) is 0 Å². The molecule has 0 aromatic rings. The smallest absolute Gasteiger partial charge is 0.114 e. The van der Waals surface area contributed by atoms with Gasteiger partial charge >= 0.3 is 0 Å². The van der Waals surface area contributed by atoms with Crippen LogP contribution in [0, 0.1) is 0 Å². The molecule has 0 bridgehead atoms. The third-order valence-corrected chi connectivity index (χ3v) is 2.27. The Labute approximate surface area is 96.4 Å². The van der Waals surface area contributed by atoms with Crippen molar-refractivity contribution in [3.8, 4) is 0 Å². The molecular formula is C10H23NO5. The van der Waals surface area contributed by atoms with E-state index in [4.69, 9.17) is 9.47 Å². The molecular weight excluding hydrogens is 214 g/mol. The molecule has 4 atom stereocenters. The van der Waals surface area contributed by atoms with Crippen LogP contribution >= 0.6 is 0 Å². The number of nitrogens with zero attached hydrogens (tertiary/aromatic N) is 1. The van der Waals surface area contributed by atoms with E-state index in [9.17, 15) is 15.3 Å². The van der Waals surface area contributed by atoms with Crippen LogP contribution in [0.25, 0.3) is 0 Å². The molecule has 0 saturated carbocycles. The maximum atomic E-state index is 9.81. The third-order valence-electron chi connectivity index (χ3n) is 2.27. The van der Waals surface area contributed by atoms with Crippen LogP contribution in [-0.4, -0.2) is 86.1 Å². The third kappa shape index (κ3) is 5.20. The fourth-order valence-corrected chi connectivity index (χ4v) is 1.49. The van der Waals surface area contributed by atoms with E-state index >= 15 is 0 Å². The van der Waals surface area contributed by atoms with Crippen molar-refractivity contribution in [1.29, 1.82) is 0 Å². The minimum Gasteiger partial charge on any atom is -0.389 e. The van der Waals surface area contributed by atoms with Crippen LogP contribution in [0.4, 0.5) is 0 Å². The average Bonchev–Trinajstić information content (AvgIpc) is 2.17. The summed E-state index contributed by atoms with van der Waals surface area (Å²) < 4.78 is 9.73. The maximum Gasteiger partial charge on any atom is 0.114 e. The highest BCUT2D eigenvalue weighted by Crippen LogP contribution is 2.09. The topological polar surface area (TPSA) is 82.4 Å². The summed E-state index contributed by atoms with van der Waals surface area (Å²) in [6.07, 6.45) is -3.97. The van der Waals surface area contributed by atoms with Crippen LogP contribution < -0.4 is 0 Å². The first-order valence-electron chi connectivity index (χ1n) is 5.14. The first-order chi connectivity index (χ1) is 7.43. The highest BCUT2D eigenvalue weighted by molar-refractivity contribution is 4.83. The van der Waals surface area contributed by atoms with Gasteiger partial charge in [-0.05, 0) is 14.1 Å². The van der Waals surface area contributed by atoms with Crippen molar-refractivity contribution >= 4 is 0 Å². The molecule has 6 nitrogen and oxygen atoms in total. The van der Waals surface area contributed by atoms with Crippen molar-refractivity contribution < 1.29 is 24.8 Å². The summed E-state index contributed by atoms with van der Waals surface area (Å²) in [6, 6.07) is 0. The van der Waals surface area contributed by atoms with Gasteiger partial charge in [0, 0.05) is 20.8 Å². The molecule has 0 radical (unpaired) electrons. The van der Waals surface area contributed by atoms with Gasteiger partial charge in [0.1, 0.15) is 18.3 Å². The lowest BCUT2D eigenvalue weighted by Gasteiger charge is -2.30. The summed E-state index contributed by atoms with van der Waals surface area (Å²) in [5.41, 5.74) is 0. The lowest BCUT2D eigenvalue weighted by molar-refractivity contribution is -0.135. The summed E-state index contributed by atoms with van der Waals surface area (Å²) in [5, 5.41) is 29.1. The largest absolute Gasteiger partial charge is 0.389 e. The first-order valence-corrected chi connectivity index (χ1v) is 5.14. The van der Waals surface area contributed by atoms with Gasteiger partial charge in [0.25, 0.3) is 0 Å². The molecule has 0 fully saturated rings. The highest BCUT2D eigenvalue weighted by atomic mass is 16.5. The summed E-state index contributed by atoms with van der Waals surface area (Å²) >= 11 is 0. The molecule has 98 valence electrons. The number of aliphatic hydroxyl groups is 3. The monoisotopic (exact) mass is 237 g/mol. The SMILES string of the molecule is COCC(O)C(OC)C(O)C(O)CN(C)C. The minimum absolute atomic E-state index is 0.0459. The van der Waals surface area contributed by atoms with Gasteiger partial charge in [0.05, 0.1) is 12.7 Å². The van der Waals surface area contributed by atoms with Gasteiger partial charge < -0.3 is 29.7 Å². The van der Waals surface area contributed by atoms with Crippen molar-refractivity contribution in [3.05, 3.63) is 0 Å². The van der Waals surface area contributed by atoms with Crippen LogP contribution in [0.1, 0.15) is 0 Å². The Kier molecular flexibility index (Phi) is 7.82. The number of aliphatic hydroxyl groups excluding tert-OH is 3. The second-order valence-corrected chi connectivity index (χ2v) is 4.04. The Morgan fingerprint density at radius 2 is 1.62 bits per heavy atom. The lowest BCUT2D eigenvalue weighted by Crippen LogP contribution is -2.49. The minimum atomic E-state index is -1.16. The van der Waals surface area contributed by atoms with E-state index in [0.29, 0.717) is 6.54 Å². The van der Waals surface area contributed by atoms with Crippen LogP contribution in [0.5, 0.6) is 0 Å². The van der Waals surface area contributed by atoms with Crippen molar-refractivity contribution in [2.45, 2.75) is 24.4 Å². The molecule has 4 unspecified atom stereocenters. The Bertz CT molecular complexity index is 179. The van der Waals surface area contributed by atoms with Crippen molar-refractivity contribution in [3.63, 3.8) is 0 Å². The molecule has 0 saturated heterocycles. The van der Waals surface area contributed by atoms with E-state index in [0.717, 1.165) is 0 Å². The van der Waals surface area contributed by atoms with Crippen LogP contribution in [0.2, 0.25) is 0 Å². The number of hydrogen-bond donors (Lipinski definition) is 3. The van der Waals surface area contributed by atoms with E-state index in [2.05, 4.69) is 0 Å². The fraction of sp³-hybridized carbons (Fsp3) is 1.00. The molecule has 0 aromatic carbocycles. The average molecular weight is 237 g/mol. The number of methoxy groups -OCH3 is 2. The molecule has 3 N–H and O–H groups in total. The summed E-state index contributed by atoms with van der Waals surface area (Å²) in [6.45, 7) is 0.338. The maximum absolute atomic E-state index is 9.81. The standard InChI is InChI=1S/C10H23NO5/c1-11(2)5-7(12)9(14)10(16-4)8(13)6-15-3/h7-10,12-14H,5-6H2,1-4H3. The molecule has 0 aliphatic rings. The molecule has 0 aromatic heterocycles. The summed E-state index contributed by atoms with van der Waals surface area (Å²) in [5.74, 6) is 0. The Balaban J connectivity index is 4.33. The van der Waals surface area contributed by atoms with Crippen LogP contribution in [0.15, 0.2) is 0 Å². The Morgan fingerprint density at radius 3 is 2.00 bits per heavy atom. The molecule has 0 aliphatic heterocycles. The van der Waals surface area contributed by atoms with Gasteiger partial charge in [-0.25, -0.2) is 0 Å². The van der Waals surface area contributed by atoms with Gasteiger partial charge in [0.15, 0.2) is 0 Å². The molecule has 0 amide bonds. The summed E-state index contributed by atoms with van der Waals surface area (Å²) in [7, 11) is 6.38. The zero-order valence-electron chi connectivity index (χ0n) is 10.3. The zero-order chi connectivity index (χ0) is 12.7. The number of likely N-dealkylation sites (N-methyl/N-ethyl adjacent to an activating group) is 1. The number of hydrogen-bond acceptors (Lipinski definition) is 6. The normalized spacial score (nSPS) is 19.5. The van der Waals surface area contributed by atoms with Gasteiger partial charge in [0.2, 0.25) is 0 Å². The van der Waals surface area contributed by atoms with Gasteiger partial charge in [-0.1, -0.05) is 0 Å². The van der Waals surface area contributed by atoms with Gasteiger partial charge in [-0.2, -0.15) is 0 Å². The molecule has 16 heavy (non-hydrogen) atoms. The van der Waals surface area contributed by atoms with Gasteiger partial charge in [-0.3, -0.25) is 0 Å². The van der Waals surface area contributed by atoms with Crippen LogP contribution in [-0.2, 0) is 9.47 Å². The molecule has 0 heterocycles. The van der Waals surface area contributed by atoms with Crippen LogP contribution in [0.3, 0.4) is 0 Å². The van der Waals surface area contributed by atoms with E-state index in [1.807, 2.05) is 0 Å². The quantitative estimate of drug-likeness (QED) is 0.466. The molecule has 0 rings (SSSR count). The van der Waals surface area contributed by atoms with E-state index in [1.165, 1.54) is 14.2 Å². The van der Waals surface area contributed by atoms with Gasteiger partial charge in [-0.15, -0.1) is 0 Å². The second-order valence-electron chi connectivity index (χ2n) is 4.04. The zero-order valence-corrected chi connectivity index (χ0v) is 10.3. The number of ether oxygens (including phenoxy) is 2. The number of rotatable bonds is 8. The molecule has 0 aliphatic carbocycles. The molecule has 6 heteroatoms. The van der Waals surface area contributed by atoms with Crippen molar-refractivity contribution in [1.82, 2.24) is 4.90 Å². The Morgan fingerprint density at radius 1 is 1.06 bits per heavy atom. The highest BCUT2D eigenvalue weighted by Gasteiger charge is 2.32. The predicted octanol–water partition coefficient (Wildman–Crippen LogP) is -1.71. The summed E-state index contributed by atoms with van der Waals surface area (Å²) in [4.78, 5) is 1.74. The first kappa shape index (κ1) is 15.8. The Hall–Kier alpha value is -0.240. The second kappa shape index (κ2) is 7.94. The molecule has 0 spiro atoms. The lowest BCUT2D eigenvalue weighted by atomic mass is 10.0. The van der Waals surface area contributed by atoms with E-state index in [1.54, 1.807) is 19.0 Å². The van der Waals surface area contributed by atoms with E-state index in [-0.39, 0.29) is 6.61 Å². The van der Waals surface area contributed by atoms with Crippen molar-refractivity contribution in [2.75, 3.05) is 41.5 Å². The van der Waals surface area contributed by atoms with E-state index < -0.39 is 24.4 Å². The predicted molar refractivity (Wildman–Crippen MR) is 59.2 cm³/mol. The fourth-order valence-electron chi connectivity index (χ4n) is 1.49.